The summed E-state index contributed by atoms with van der Waals surface area (Å²) >= 11 is 0. The van der Waals surface area contributed by atoms with Crippen molar-refractivity contribution in [3.8, 4) is 0 Å². The molecule has 0 fully saturated rings. The van der Waals surface area contributed by atoms with E-state index >= 15 is 0 Å². The largest absolute Gasteiger partial charge is 0.476 e. The summed E-state index contributed by atoms with van der Waals surface area (Å²) in [4.78, 5) is 24.5. The Morgan fingerprint density at radius 1 is 1.15 bits per heavy atom. The van der Waals surface area contributed by atoms with E-state index in [4.69, 9.17) is 9.84 Å². The van der Waals surface area contributed by atoms with Crippen molar-refractivity contribution >= 4 is 12.1 Å². The number of carbonyl (C=O) groups is 2. The highest BCUT2D eigenvalue weighted by Crippen LogP contribution is 2.17. The summed E-state index contributed by atoms with van der Waals surface area (Å²) < 4.78 is 45.8. The number of aryl methyl sites for hydroxylation is 1. The fourth-order valence-corrected chi connectivity index (χ4v) is 2.65. The molecule has 0 aliphatic carbocycles. The summed E-state index contributed by atoms with van der Waals surface area (Å²) in [5.41, 5.74) is 0.394. The van der Waals surface area contributed by atoms with Crippen LogP contribution in [-0.2, 0) is 24.4 Å². The van der Waals surface area contributed by atoms with E-state index in [1.165, 1.54) is 15.6 Å². The van der Waals surface area contributed by atoms with Crippen LogP contribution in [0.5, 0.6) is 0 Å². The van der Waals surface area contributed by atoms with Crippen molar-refractivity contribution in [3.63, 3.8) is 0 Å². The van der Waals surface area contributed by atoms with Gasteiger partial charge in [0.15, 0.2) is 23.1 Å². The second-order valence-corrected chi connectivity index (χ2v) is 5.75. The monoisotopic (exact) mass is 369 g/mol. The molecule has 0 radical (unpaired) electrons. The molecule has 0 saturated heterocycles. The first kappa shape index (κ1) is 17.8. The molecule has 1 amide bonds. The lowest BCUT2D eigenvalue weighted by molar-refractivity contribution is 0.0689. The molecule has 1 aromatic carbocycles. The minimum absolute atomic E-state index is 0.0252. The molecule has 1 N–H and O–H groups in total. The third kappa shape index (κ3) is 3.63. The molecule has 26 heavy (non-hydrogen) atoms. The number of carboxylic acid groups (broad SMARTS) is 1. The fraction of sp³-hybridized carbons (Fsp3) is 0.312. The second kappa shape index (κ2) is 7.06. The minimum Gasteiger partial charge on any atom is -0.476 e. The van der Waals surface area contributed by atoms with Gasteiger partial charge in [0, 0.05) is 13.1 Å². The molecule has 10 heteroatoms. The Morgan fingerprint density at radius 2 is 1.85 bits per heavy atom. The first-order valence-corrected chi connectivity index (χ1v) is 7.70. The third-order valence-electron chi connectivity index (χ3n) is 3.90. The molecule has 2 heterocycles. The maximum atomic E-state index is 13.2. The van der Waals surface area contributed by atoms with Crippen LogP contribution in [0.2, 0.25) is 0 Å². The van der Waals surface area contributed by atoms with Gasteiger partial charge in [0.2, 0.25) is 0 Å². The highest BCUT2D eigenvalue weighted by Gasteiger charge is 2.23. The van der Waals surface area contributed by atoms with E-state index in [9.17, 15) is 22.8 Å². The van der Waals surface area contributed by atoms with Crippen LogP contribution in [-0.4, -0.2) is 38.4 Å². The number of aromatic carboxylic acids is 1. The molecule has 0 saturated carbocycles. The van der Waals surface area contributed by atoms with Crippen LogP contribution >= 0.6 is 0 Å². The van der Waals surface area contributed by atoms with Crippen molar-refractivity contribution in [2.24, 2.45) is 0 Å². The van der Waals surface area contributed by atoms with Crippen molar-refractivity contribution in [1.29, 1.82) is 0 Å². The zero-order valence-corrected chi connectivity index (χ0v) is 13.4. The fourth-order valence-electron chi connectivity index (χ4n) is 2.65. The highest BCUT2D eigenvalue weighted by molar-refractivity contribution is 5.85. The van der Waals surface area contributed by atoms with Gasteiger partial charge in [-0.1, -0.05) is 0 Å². The lowest BCUT2D eigenvalue weighted by atomic mass is 10.2. The maximum Gasteiger partial charge on any atom is 0.410 e. The molecule has 0 spiro atoms. The Morgan fingerprint density at radius 3 is 2.50 bits per heavy atom. The number of hydrogen-bond acceptors (Lipinski definition) is 4. The van der Waals surface area contributed by atoms with Gasteiger partial charge in [0.1, 0.15) is 6.61 Å². The van der Waals surface area contributed by atoms with E-state index in [2.05, 4.69) is 5.10 Å². The number of rotatable bonds is 3. The number of carboxylic acids is 1. The lowest BCUT2D eigenvalue weighted by Crippen LogP contribution is -2.31. The Bertz CT molecular complexity index is 845. The van der Waals surface area contributed by atoms with E-state index in [1.54, 1.807) is 0 Å². The Labute approximate surface area is 145 Å². The van der Waals surface area contributed by atoms with Crippen LogP contribution in [0.25, 0.3) is 0 Å². The average molecular weight is 369 g/mol. The molecular formula is C16H14F3N3O4. The van der Waals surface area contributed by atoms with E-state index in [0.29, 0.717) is 25.2 Å². The number of benzene rings is 1. The first-order valence-electron chi connectivity index (χ1n) is 7.70. The van der Waals surface area contributed by atoms with Gasteiger partial charge < -0.3 is 14.7 Å². The molecule has 7 nitrogen and oxygen atoms in total. The van der Waals surface area contributed by atoms with E-state index in [1.807, 2.05) is 0 Å². The number of nitrogens with zero attached hydrogens (tertiary/aromatic N) is 3. The van der Waals surface area contributed by atoms with Gasteiger partial charge in [0.05, 0.1) is 12.2 Å². The predicted molar refractivity (Wildman–Crippen MR) is 80.7 cm³/mol. The molecule has 1 aliphatic heterocycles. The van der Waals surface area contributed by atoms with Crippen molar-refractivity contribution in [3.05, 3.63) is 52.6 Å². The molecule has 0 bridgehead atoms. The maximum absolute atomic E-state index is 13.2. The van der Waals surface area contributed by atoms with Gasteiger partial charge in [0.25, 0.3) is 0 Å². The normalized spacial score (nSPS) is 13.9. The first-order chi connectivity index (χ1) is 12.3. The van der Waals surface area contributed by atoms with Gasteiger partial charge >= 0.3 is 12.1 Å². The van der Waals surface area contributed by atoms with Crippen LogP contribution in [0.1, 0.15) is 28.2 Å². The molecular weight excluding hydrogens is 355 g/mol. The number of ether oxygens (including phenoxy) is 1. The van der Waals surface area contributed by atoms with Crippen LogP contribution in [0.15, 0.2) is 18.2 Å². The van der Waals surface area contributed by atoms with Gasteiger partial charge in [-0.15, -0.1) is 0 Å². The lowest BCUT2D eigenvalue weighted by Gasteiger charge is -2.19. The Hall–Kier alpha value is -3.04. The molecule has 0 unspecified atom stereocenters. The van der Waals surface area contributed by atoms with Gasteiger partial charge in [-0.05, 0) is 30.2 Å². The highest BCUT2D eigenvalue weighted by atomic mass is 19.2. The summed E-state index contributed by atoms with van der Waals surface area (Å²) in [6.45, 7) is 0.450. The number of aromatic nitrogens is 2. The quantitative estimate of drug-likeness (QED) is 0.841. The Balaban J connectivity index is 1.67. The van der Waals surface area contributed by atoms with E-state index in [-0.39, 0.29) is 17.8 Å². The van der Waals surface area contributed by atoms with Gasteiger partial charge in [-0.2, -0.15) is 5.10 Å². The minimum atomic E-state index is -1.59. The second-order valence-electron chi connectivity index (χ2n) is 5.75. The smallest absolute Gasteiger partial charge is 0.410 e. The molecule has 3 rings (SSSR count). The zero-order valence-electron chi connectivity index (χ0n) is 13.4. The van der Waals surface area contributed by atoms with E-state index < -0.39 is 36.1 Å². The number of fused-ring (bicyclic) bond motifs is 1. The van der Waals surface area contributed by atoms with Crippen molar-refractivity contribution in [1.82, 2.24) is 14.7 Å². The summed E-state index contributed by atoms with van der Waals surface area (Å²) in [5, 5.41) is 12.9. The van der Waals surface area contributed by atoms with Crippen LogP contribution < -0.4 is 0 Å². The van der Waals surface area contributed by atoms with Crippen molar-refractivity contribution < 1.29 is 32.6 Å². The topological polar surface area (TPSA) is 84.7 Å². The average Bonchev–Trinajstić information content (AvgIpc) is 2.89. The summed E-state index contributed by atoms with van der Waals surface area (Å²) in [6.07, 6.45) is -0.204. The molecule has 138 valence electrons. The molecule has 0 atom stereocenters. The zero-order chi connectivity index (χ0) is 18.8. The van der Waals surface area contributed by atoms with Crippen molar-refractivity contribution in [2.75, 3.05) is 6.54 Å². The van der Waals surface area contributed by atoms with Crippen LogP contribution in [0.4, 0.5) is 18.0 Å². The summed E-state index contributed by atoms with van der Waals surface area (Å²) in [6, 6.07) is 2.88. The SMILES string of the molecule is O=C(O)c1cc2n(n1)CCCN(C(=O)OCc1cc(F)c(F)c(F)c1)C2. The van der Waals surface area contributed by atoms with Gasteiger partial charge in [-0.25, -0.2) is 22.8 Å². The summed E-state index contributed by atoms with van der Waals surface area (Å²) in [7, 11) is 0. The number of carbonyl (C=O) groups excluding carboxylic acids is 1. The number of amides is 1. The standard InChI is InChI=1S/C16H14F3N3O4/c17-11-4-9(5-12(18)14(11)19)8-26-16(25)21-2-1-3-22-10(7-21)6-13(20-22)15(23)24/h4-6H,1-3,7-8H2,(H,23,24). The van der Waals surface area contributed by atoms with Crippen LogP contribution in [0, 0.1) is 17.5 Å². The number of hydrogen-bond donors (Lipinski definition) is 1. The molecule has 1 aliphatic rings. The summed E-state index contributed by atoms with van der Waals surface area (Å²) in [5.74, 6) is -5.48. The predicted octanol–water partition coefficient (Wildman–Crippen LogP) is 2.54. The molecule has 2 aromatic rings. The van der Waals surface area contributed by atoms with Gasteiger partial charge in [-0.3, -0.25) is 4.68 Å². The Kier molecular flexibility index (Phi) is 4.83. The van der Waals surface area contributed by atoms with E-state index in [0.717, 1.165) is 12.1 Å². The number of halogens is 3. The van der Waals surface area contributed by atoms with Crippen molar-refractivity contribution in [2.45, 2.75) is 26.1 Å². The van der Waals surface area contributed by atoms with Crippen LogP contribution in [0.3, 0.4) is 0 Å². The third-order valence-corrected chi connectivity index (χ3v) is 3.90. The molecule has 1 aromatic heterocycles.